The van der Waals surface area contributed by atoms with Gasteiger partial charge < -0.3 is 11.5 Å². The van der Waals surface area contributed by atoms with Crippen molar-refractivity contribution in [2.75, 3.05) is 5.73 Å². The van der Waals surface area contributed by atoms with E-state index in [1.807, 2.05) is 36.4 Å². The van der Waals surface area contributed by atoms with Crippen molar-refractivity contribution in [1.29, 1.82) is 0 Å². The zero-order valence-electron chi connectivity index (χ0n) is 12.2. The summed E-state index contributed by atoms with van der Waals surface area (Å²) < 4.78 is 1.03. The summed E-state index contributed by atoms with van der Waals surface area (Å²) >= 11 is 2.91. The van der Waals surface area contributed by atoms with Crippen LogP contribution in [-0.4, -0.2) is 16.4 Å². The fourth-order valence-corrected chi connectivity index (χ4v) is 3.35. The highest BCUT2D eigenvalue weighted by Crippen LogP contribution is 2.24. The van der Waals surface area contributed by atoms with Crippen LogP contribution < -0.4 is 11.5 Å². The third kappa shape index (κ3) is 4.30. The number of amidine groups is 1. The minimum atomic E-state index is 0.438. The number of thiazole rings is 1. The lowest BCUT2D eigenvalue weighted by Crippen LogP contribution is -2.05. The fraction of sp³-hybridized carbons (Fsp3) is 0.0625. The van der Waals surface area contributed by atoms with Gasteiger partial charge in [-0.15, -0.1) is 5.10 Å². The van der Waals surface area contributed by atoms with Crippen molar-refractivity contribution in [3.63, 3.8) is 0 Å². The van der Waals surface area contributed by atoms with Crippen molar-refractivity contribution >= 4 is 49.8 Å². The molecule has 0 fully saturated rings. The predicted octanol–water partition coefficient (Wildman–Crippen LogP) is 3.46. The van der Waals surface area contributed by atoms with Gasteiger partial charge >= 0.3 is 0 Å². The van der Waals surface area contributed by atoms with Crippen LogP contribution in [0.2, 0.25) is 0 Å². The zero-order valence-corrected chi connectivity index (χ0v) is 13.8. The Bertz CT molecular complexity index is 855. The molecule has 0 saturated carbocycles. The molecule has 5 nitrogen and oxygen atoms in total. The summed E-state index contributed by atoms with van der Waals surface area (Å²) in [7, 11) is 0. The average Bonchev–Trinajstić information content (AvgIpc) is 2.93. The Hall–Kier alpha value is -2.38. The molecule has 0 atom stereocenters. The molecular weight excluding hydrogens is 326 g/mol. The number of aromatic nitrogens is 1. The Kier molecular flexibility index (Phi) is 4.89. The van der Waals surface area contributed by atoms with Crippen LogP contribution in [0.1, 0.15) is 11.1 Å². The van der Waals surface area contributed by atoms with E-state index in [2.05, 4.69) is 27.3 Å². The summed E-state index contributed by atoms with van der Waals surface area (Å²) in [6.07, 6.45) is 1.67. The lowest BCUT2D eigenvalue weighted by molar-refractivity contribution is 1.25. The Morgan fingerprint density at radius 2 is 2.04 bits per heavy atom. The van der Waals surface area contributed by atoms with E-state index in [0.29, 0.717) is 10.3 Å². The number of nitrogens with two attached hydrogens (primary N) is 2. The summed E-state index contributed by atoms with van der Waals surface area (Å²) in [5, 5.41) is 9.05. The molecule has 0 aliphatic carbocycles. The summed E-state index contributed by atoms with van der Waals surface area (Å²) in [4.78, 5) is 4.22. The van der Waals surface area contributed by atoms with E-state index >= 15 is 0 Å². The van der Waals surface area contributed by atoms with E-state index in [4.69, 9.17) is 11.5 Å². The molecule has 0 aliphatic heterocycles. The first-order valence-electron chi connectivity index (χ1n) is 6.90. The molecule has 0 saturated heterocycles. The zero-order chi connectivity index (χ0) is 16.1. The second kappa shape index (κ2) is 7.26. The van der Waals surface area contributed by atoms with Gasteiger partial charge in [-0.1, -0.05) is 59.5 Å². The molecular formula is C16H15N5S2. The number of nitrogens with zero attached hydrogens (tertiary/aromatic N) is 3. The smallest absolute Gasteiger partial charge is 0.181 e. The van der Waals surface area contributed by atoms with Crippen molar-refractivity contribution in [2.24, 2.45) is 15.9 Å². The Morgan fingerprint density at radius 1 is 1.22 bits per heavy atom. The van der Waals surface area contributed by atoms with E-state index in [0.717, 1.165) is 21.5 Å². The van der Waals surface area contributed by atoms with Crippen molar-refractivity contribution in [1.82, 2.24) is 4.98 Å². The molecule has 0 bridgehead atoms. The SMILES string of the molecule is NC(=NN=Cc1ccc2nc(N)sc2c1)SCc1ccccc1. The summed E-state index contributed by atoms with van der Waals surface area (Å²) in [5.74, 6) is 0.776. The minimum Gasteiger partial charge on any atom is -0.377 e. The summed E-state index contributed by atoms with van der Waals surface area (Å²) in [6.45, 7) is 0. The average molecular weight is 341 g/mol. The highest BCUT2D eigenvalue weighted by molar-refractivity contribution is 8.13. The third-order valence-corrected chi connectivity index (χ3v) is 4.72. The number of thioether (sulfide) groups is 1. The highest BCUT2D eigenvalue weighted by atomic mass is 32.2. The van der Waals surface area contributed by atoms with Crippen LogP contribution in [0, 0.1) is 0 Å². The lowest BCUT2D eigenvalue weighted by Gasteiger charge is -1.99. The molecule has 0 unspecified atom stereocenters. The van der Waals surface area contributed by atoms with E-state index in [1.54, 1.807) is 6.21 Å². The van der Waals surface area contributed by atoms with E-state index in [1.165, 1.54) is 28.7 Å². The van der Waals surface area contributed by atoms with Gasteiger partial charge in [0, 0.05) is 5.75 Å². The predicted molar refractivity (Wildman–Crippen MR) is 101 cm³/mol. The van der Waals surface area contributed by atoms with E-state index in [-0.39, 0.29) is 0 Å². The molecule has 116 valence electrons. The van der Waals surface area contributed by atoms with Gasteiger partial charge in [-0.05, 0) is 23.3 Å². The van der Waals surface area contributed by atoms with Crippen LogP contribution in [0.25, 0.3) is 10.2 Å². The number of fused-ring (bicyclic) bond motifs is 1. The molecule has 3 rings (SSSR count). The maximum Gasteiger partial charge on any atom is 0.181 e. The maximum atomic E-state index is 5.85. The Morgan fingerprint density at radius 3 is 2.87 bits per heavy atom. The van der Waals surface area contributed by atoms with Gasteiger partial charge in [0.15, 0.2) is 10.3 Å². The molecule has 0 aliphatic rings. The van der Waals surface area contributed by atoms with Crippen LogP contribution in [-0.2, 0) is 5.75 Å². The first-order valence-corrected chi connectivity index (χ1v) is 8.70. The van der Waals surface area contributed by atoms with Crippen LogP contribution in [0.5, 0.6) is 0 Å². The van der Waals surface area contributed by atoms with Crippen LogP contribution in [0.4, 0.5) is 5.13 Å². The molecule has 7 heteroatoms. The van der Waals surface area contributed by atoms with Gasteiger partial charge in [-0.25, -0.2) is 4.98 Å². The van der Waals surface area contributed by atoms with Crippen molar-refractivity contribution in [3.8, 4) is 0 Å². The van der Waals surface area contributed by atoms with Crippen LogP contribution >= 0.6 is 23.1 Å². The molecule has 3 aromatic rings. The number of hydrogen-bond donors (Lipinski definition) is 2. The number of hydrogen-bond acceptors (Lipinski definition) is 6. The van der Waals surface area contributed by atoms with Gasteiger partial charge in [0.25, 0.3) is 0 Å². The topological polar surface area (TPSA) is 89.6 Å². The molecule has 0 radical (unpaired) electrons. The molecule has 4 N–H and O–H groups in total. The second-order valence-corrected chi connectivity index (χ2v) is 6.79. The highest BCUT2D eigenvalue weighted by Gasteiger charge is 2.01. The number of nitrogen functional groups attached to an aromatic ring is 1. The van der Waals surface area contributed by atoms with E-state index in [9.17, 15) is 0 Å². The van der Waals surface area contributed by atoms with Crippen molar-refractivity contribution in [2.45, 2.75) is 5.75 Å². The van der Waals surface area contributed by atoms with Gasteiger partial charge in [-0.3, -0.25) is 0 Å². The van der Waals surface area contributed by atoms with Crippen LogP contribution in [0.15, 0.2) is 58.7 Å². The normalized spacial score (nSPS) is 12.3. The molecule has 23 heavy (non-hydrogen) atoms. The fourth-order valence-electron chi connectivity index (χ4n) is 1.95. The number of rotatable bonds is 4. The lowest BCUT2D eigenvalue weighted by atomic mass is 10.2. The van der Waals surface area contributed by atoms with Gasteiger partial charge in [0.1, 0.15) is 0 Å². The van der Waals surface area contributed by atoms with Crippen molar-refractivity contribution < 1.29 is 0 Å². The standard InChI is InChI=1S/C16H15N5S2/c17-15-20-13-7-6-12(8-14(13)23-15)9-19-21-16(18)22-10-11-4-2-1-3-5-11/h1-9H,10H2,(H2,17,20)(H2,18,21). The molecule has 0 amide bonds. The summed E-state index contributed by atoms with van der Waals surface area (Å²) in [5.41, 5.74) is 14.6. The third-order valence-electron chi connectivity index (χ3n) is 3.02. The van der Waals surface area contributed by atoms with Gasteiger partial charge in [0.2, 0.25) is 0 Å². The first-order chi connectivity index (χ1) is 11.2. The number of anilines is 1. The number of benzene rings is 2. The summed E-state index contributed by atoms with van der Waals surface area (Å²) in [6, 6.07) is 15.9. The van der Waals surface area contributed by atoms with E-state index < -0.39 is 0 Å². The Labute approximate surface area is 142 Å². The van der Waals surface area contributed by atoms with Crippen LogP contribution in [0.3, 0.4) is 0 Å². The second-order valence-electron chi connectivity index (χ2n) is 4.74. The molecule has 1 heterocycles. The Balaban J connectivity index is 1.61. The van der Waals surface area contributed by atoms with Crippen molar-refractivity contribution in [3.05, 3.63) is 59.7 Å². The van der Waals surface area contributed by atoms with Gasteiger partial charge in [-0.2, -0.15) is 5.10 Å². The molecule has 2 aromatic carbocycles. The monoisotopic (exact) mass is 341 g/mol. The quantitative estimate of drug-likeness (QED) is 0.432. The first kappa shape index (κ1) is 15.5. The van der Waals surface area contributed by atoms with Gasteiger partial charge in [0.05, 0.1) is 16.4 Å². The largest absolute Gasteiger partial charge is 0.377 e. The minimum absolute atomic E-state index is 0.438. The maximum absolute atomic E-state index is 5.85. The molecule has 1 aromatic heterocycles. The molecule has 0 spiro atoms.